The number of benzene rings is 2. The summed E-state index contributed by atoms with van der Waals surface area (Å²) in [6.45, 7) is 5.50. The molecule has 8 nitrogen and oxygen atoms in total. The average Bonchev–Trinajstić information content (AvgIpc) is 3.22. The number of rotatable bonds is 6. The predicted octanol–water partition coefficient (Wildman–Crippen LogP) is 3.11. The fourth-order valence-electron chi connectivity index (χ4n) is 4.75. The minimum atomic E-state index is -0.400. The number of aryl methyl sites for hydroxylation is 1. The van der Waals surface area contributed by atoms with Crippen LogP contribution < -0.4 is 11.2 Å². The second-order valence-corrected chi connectivity index (χ2v) is 10.1. The summed E-state index contributed by atoms with van der Waals surface area (Å²) in [4.78, 5) is 35.3. The zero-order valence-corrected chi connectivity index (χ0v) is 21.8. The first kappa shape index (κ1) is 24.8. The largest absolute Gasteiger partial charge is 0.332 e. The van der Waals surface area contributed by atoms with Crippen molar-refractivity contribution in [2.75, 3.05) is 26.2 Å². The Bertz CT molecular complexity index is 1520. The van der Waals surface area contributed by atoms with E-state index in [-0.39, 0.29) is 5.56 Å². The number of piperazine rings is 1. The highest BCUT2D eigenvalue weighted by Gasteiger charge is 2.23. The van der Waals surface area contributed by atoms with Gasteiger partial charge in [0.1, 0.15) is 5.82 Å². The highest BCUT2D eigenvalue weighted by molar-refractivity contribution is 6.35. The molecule has 4 aromatic rings. The maximum Gasteiger partial charge on any atom is 0.332 e. The van der Waals surface area contributed by atoms with Crippen LogP contribution in [0.4, 0.5) is 0 Å². The zero-order chi connectivity index (χ0) is 25.4. The Morgan fingerprint density at radius 3 is 2.17 bits per heavy atom. The Hall–Kier alpha value is -2.91. The van der Waals surface area contributed by atoms with Crippen LogP contribution in [-0.4, -0.2) is 54.7 Å². The van der Waals surface area contributed by atoms with Crippen molar-refractivity contribution < 1.29 is 0 Å². The van der Waals surface area contributed by atoms with E-state index in [0.29, 0.717) is 34.3 Å². The van der Waals surface area contributed by atoms with Crippen molar-refractivity contribution in [3.63, 3.8) is 0 Å². The highest BCUT2D eigenvalue weighted by atomic mass is 35.5. The fraction of sp³-hybridized carbons (Fsp3) is 0.346. The number of aromatic nitrogens is 4. The molecule has 0 radical (unpaired) electrons. The molecule has 0 aliphatic carbocycles. The molecule has 5 rings (SSSR count). The number of hydrogen-bond acceptors (Lipinski definition) is 5. The average molecular weight is 527 g/mol. The van der Waals surface area contributed by atoms with Crippen molar-refractivity contribution in [2.24, 2.45) is 14.1 Å². The molecule has 1 fully saturated rings. The summed E-state index contributed by atoms with van der Waals surface area (Å²) in [6.07, 6.45) is 0. The van der Waals surface area contributed by atoms with E-state index in [4.69, 9.17) is 28.2 Å². The minimum Gasteiger partial charge on any atom is -0.316 e. The molecule has 10 heteroatoms. The Morgan fingerprint density at radius 1 is 0.833 bits per heavy atom. The summed E-state index contributed by atoms with van der Waals surface area (Å²) in [7, 11) is 3.13. The van der Waals surface area contributed by atoms with Crippen LogP contribution in [0, 0.1) is 0 Å². The lowest BCUT2D eigenvalue weighted by atomic mass is 10.2. The predicted molar refractivity (Wildman–Crippen MR) is 143 cm³/mol. The molecule has 0 unspecified atom stereocenters. The lowest BCUT2D eigenvalue weighted by molar-refractivity contribution is 0.119. The zero-order valence-electron chi connectivity index (χ0n) is 20.3. The minimum absolute atomic E-state index is 0.350. The summed E-state index contributed by atoms with van der Waals surface area (Å²) in [5, 5.41) is 1.07. The first-order valence-corrected chi connectivity index (χ1v) is 12.6. The van der Waals surface area contributed by atoms with Gasteiger partial charge in [-0.15, -0.1) is 0 Å². The van der Waals surface area contributed by atoms with E-state index in [0.717, 1.165) is 48.7 Å². The van der Waals surface area contributed by atoms with Crippen LogP contribution in [0.15, 0.2) is 58.1 Å². The molecule has 0 bridgehead atoms. The lowest BCUT2D eigenvalue weighted by Gasteiger charge is -2.34. The van der Waals surface area contributed by atoms with Crippen molar-refractivity contribution >= 4 is 34.4 Å². The third-order valence-corrected chi connectivity index (χ3v) is 7.44. The molecule has 0 N–H and O–H groups in total. The molecule has 2 aromatic heterocycles. The molecular formula is C26H28Cl2N6O2. The molecule has 0 spiro atoms. The van der Waals surface area contributed by atoms with Crippen LogP contribution in [-0.2, 0) is 33.7 Å². The van der Waals surface area contributed by atoms with Gasteiger partial charge < -0.3 is 4.57 Å². The molecule has 2 aromatic carbocycles. The van der Waals surface area contributed by atoms with Gasteiger partial charge in [-0.3, -0.25) is 23.7 Å². The number of fused-ring (bicyclic) bond motifs is 1. The van der Waals surface area contributed by atoms with E-state index < -0.39 is 5.69 Å². The third-order valence-electron chi connectivity index (χ3n) is 6.85. The van der Waals surface area contributed by atoms with Gasteiger partial charge in [0.25, 0.3) is 5.56 Å². The van der Waals surface area contributed by atoms with Gasteiger partial charge in [0.2, 0.25) is 0 Å². The summed E-state index contributed by atoms with van der Waals surface area (Å²) < 4.78 is 4.44. The molecule has 0 amide bonds. The highest BCUT2D eigenvalue weighted by Crippen LogP contribution is 2.24. The Morgan fingerprint density at radius 2 is 1.50 bits per heavy atom. The standard InChI is InChI=1S/C26H28Cl2N6O2/c1-30-24-23(25(35)31(2)26(30)36)34(16-19-8-9-20(27)14-21(19)28)22(29-24)17-33-12-10-32(11-13-33)15-18-6-4-3-5-7-18/h3-9,14H,10-13,15-17H2,1-2H3. The molecule has 188 valence electrons. The van der Waals surface area contributed by atoms with Crippen molar-refractivity contribution in [1.82, 2.24) is 28.5 Å². The third kappa shape index (κ3) is 4.86. The molecule has 1 aliphatic heterocycles. The molecular weight excluding hydrogens is 499 g/mol. The second-order valence-electron chi connectivity index (χ2n) is 9.27. The van der Waals surface area contributed by atoms with Gasteiger partial charge in [0, 0.05) is 56.9 Å². The van der Waals surface area contributed by atoms with E-state index in [1.165, 1.54) is 17.2 Å². The van der Waals surface area contributed by atoms with Crippen LogP contribution >= 0.6 is 23.2 Å². The van der Waals surface area contributed by atoms with Gasteiger partial charge >= 0.3 is 5.69 Å². The first-order valence-electron chi connectivity index (χ1n) is 11.9. The lowest BCUT2D eigenvalue weighted by Crippen LogP contribution is -2.45. The maximum atomic E-state index is 13.2. The first-order chi connectivity index (χ1) is 17.3. The summed E-state index contributed by atoms with van der Waals surface area (Å²) >= 11 is 12.6. The van der Waals surface area contributed by atoms with Crippen molar-refractivity contribution in [3.05, 3.63) is 96.4 Å². The van der Waals surface area contributed by atoms with E-state index >= 15 is 0 Å². The molecule has 36 heavy (non-hydrogen) atoms. The quantitative estimate of drug-likeness (QED) is 0.386. The number of hydrogen-bond donors (Lipinski definition) is 0. The van der Waals surface area contributed by atoms with E-state index in [1.54, 1.807) is 19.2 Å². The molecule has 1 aliphatic rings. The number of nitrogens with zero attached hydrogens (tertiary/aromatic N) is 6. The summed E-state index contributed by atoms with van der Waals surface area (Å²) in [5.74, 6) is 0.728. The van der Waals surface area contributed by atoms with Gasteiger partial charge in [0.05, 0.1) is 13.1 Å². The van der Waals surface area contributed by atoms with Crippen molar-refractivity contribution in [2.45, 2.75) is 19.6 Å². The molecule has 0 saturated carbocycles. The van der Waals surface area contributed by atoms with Crippen molar-refractivity contribution in [1.29, 1.82) is 0 Å². The molecule has 1 saturated heterocycles. The van der Waals surface area contributed by atoms with E-state index in [2.05, 4.69) is 34.1 Å². The molecule has 3 heterocycles. The second kappa shape index (κ2) is 10.2. The van der Waals surface area contributed by atoms with Gasteiger partial charge in [-0.25, -0.2) is 9.78 Å². The van der Waals surface area contributed by atoms with Crippen LogP contribution in [0.2, 0.25) is 10.0 Å². The van der Waals surface area contributed by atoms with Gasteiger partial charge in [-0.1, -0.05) is 59.6 Å². The van der Waals surface area contributed by atoms with Crippen LogP contribution in [0.3, 0.4) is 0 Å². The maximum absolute atomic E-state index is 13.2. The van der Waals surface area contributed by atoms with E-state index in [1.807, 2.05) is 16.7 Å². The van der Waals surface area contributed by atoms with Crippen LogP contribution in [0.25, 0.3) is 11.2 Å². The monoisotopic (exact) mass is 526 g/mol. The SMILES string of the molecule is Cn1c(=O)c2c(nc(CN3CCN(Cc4ccccc4)CC3)n2Cc2ccc(Cl)cc2Cl)n(C)c1=O. The normalized spacial score (nSPS) is 15.1. The summed E-state index contributed by atoms with van der Waals surface area (Å²) in [5.41, 5.74) is 2.14. The van der Waals surface area contributed by atoms with E-state index in [9.17, 15) is 9.59 Å². The van der Waals surface area contributed by atoms with Gasteiger partial charge in [-0.2, -0.15) is 0 Å². The smallest absolute Gasteiger partial charge is 0.316 e. The van der Waals surface area contributed by atoms with Crippen LogP contribution in [0.1, 0.15) is 17.0 Å². The van der Waals surface area contributed by atoms with Crippen LogP contribution in [0.5, 0.6) is 0 Å². The van der Waals surface area contributed by atoms with Crippen molar-refractivity contribution in [3.8, 4) is 0 Å². The number of halogens is 2. The molecule has 0 atom stereocenters. The number of imidazole rings is 1. The fourth-order valence-corrected chi connectivity index (χ4v) is 5.22. The van der Waals surface area contributed by atoms with Gasteiger partial charge in [0.15, 0.2) is 11.2 Å². The Kier molecular flexibility index (Phi) is 7.03. The Balaban J connectivity index is 1.45. The van der Waals surface area contributed by atoms with Gasteiger partial charge in [-0.05, 0) is 23.3 Å². The summed E-state index contributed by atoms with van der Waals surface area (Å²) in [6, 6.07) is 15.8. The Labute approximate surface area is 218 Å². The topological polar surface area (TPSA) is 68.3 Å².